The molecule has 0 saturated heterocycles. The largest absolute Gasteiger partial charge is 0.368 e. The molecule has 18 heavy (non-hydrogen) atoms. The number of nitrogens with two attached hydrogens (primary N) is 1. The van der Waals surface area contributed by atoms with Gasteiger partial charge in [-0.05, 0) is 11.6 Å². The van der Waals surface area contributed by atoms with Crippen LogP contribution in [0.1, 0.15) is 19.4 Å². The Morgan fingerprint density at radius 1 is 1.33 bits per heavy atom. The molecule has 0 radical (unpaired) electrons. The van der Waals surface area contributed by atoms with Crippen molar-refractivity contribution in [2.75, 3.05) is 0 Å². The fourth-order valence-electron chi connectivity index (χ4n) is 1.44. The normalized spacial score (nSPS) is 12.2. The molecule has 0 aliphatic rings. The minimum absolute atomic E-state index is 0.196. The molecule has 98 valence electrons. The van der Waals surface area contributed by atoms with Crippen LogP contribution in [0.25, 0.3) is 0 Å². The molecular formula is C13H17ClN2O2. The minimum atomic E-state index is -0.736. The average molecular weight is 269 g/mol. The van der Waals surface area contributed by atoms with E-state index in [2.05, 4.69) is 5.32 Å². The zero-order chi connectivity index (χ0) is 13.7. The first kappa shape index (κ1) is 14.5. The second-order valence-electron chi connectivity index (χ2n) is 4.41. The van der Waals surface area contributed by atoms with Gasteiger partial charge in [0.05, 0.1) is 0 Å². The van der Waals surface area contributed by atoms with Gasteiger partial charge in [-0.2, -0.15) is 0 Å². The minimum Gasteiger partial charge on any atom is -0.368 e. The third kappa shape index (κ3) is 4.04. The van der Waals surface area contributed by atoms with Gasteiger partial charge >= 0.3 is 0 Å². The van der Waals surface area contributed by atoms with Crippen LogP contribution in [0.2, 0.25) is 5.02 Å². The van der Waals surface area contributed by atoms with Crippen molar-refractivity contribution in [3.63, 3.8) is 0 Å². The number of hydrogen-bond donors (Lipinski definition) is 2. The summed E-state index contributed by atoms with van der Waals surface area (Å²) in [4.78, 5) is 22.9. The van der Waals surface area contributed by atoms with Crippen molar-refractivity contribution in [2.24, 2.45) is 11.7 Å². The lowest BCUT2D eigenvalue weighted by atomic mass is 10.0. The van der Waals surface area contributed by atoms with Crippen molar-refractivity contribution in [3.05, 3.63) is 34.9 Å². The zero-order valence-corrected chi connectivity index (χ0v) is 11.2. The summed E-state index contributed by atoms with van der Waals surface area (Å²) < 4.78 is 0. The van der Waals surface area contributed by atoms with Crippen molar-refractivity contribution >= 4 is 23.4 Å². The number of primary amides is 1. The second kappa shape index (κ2) is 6.40. The van der Waals surface area contributed by atoms with Crippen LogP contribution in [0.15, 0.2) is 24.3 Å². The van der Waals surface area contributed by atoms with Crippen LogP contribution in [0, 0.1) is 5.92 Å². The quantitative estimate of drug-likeness (QED) is 0.850. The first-order valence-corrected chi connectivity index (χ1v) is 6.12. The maximum atomic E-state index is 11.6. The van der Waals surface area contributed by atoms with E-state index in [1.165, 1.54) is 0 Å². The summed E-state index contributed by atoms with van der Waals surface area (Å²) in [6.07, 6.45) is 0.299. The zero-order valence-electron chi connectivity index (χ0n) is 10.4. The van der Waals surface area contributed by atoms with E-state index in [-0.39, 0.29) is 11.8 Å². The molecule has 0 bridgehead atoms. The molecule has 0 spiro atoms. The molecule has 0 unspecified atom stereocenters. The van der Waals surface area contributed by atoms with Crippen molar-refractivity contribution < 1.29 is 9.59 Å². The van der Waals surface area contributed by atoms with Crippen LogP contribution in [0.5, 0.6) is 0 Å². The molecule has 0 aliphatic heterocycles. The third-order valence-electron chi connectivity index (χ3n) is 2.57. The van der Waals surface area contributed by atoms with Crippen molar-refractivity contribution in [1.82, 2.24) is 5.32 Å². The maximum Gasteiger partial charge on any atom is 0.240 e. The van der Waals surface area contributed by atoms with E-state index in [0.717, 1.165) is 5.56 Å². The molecule has 2 amide bonds. The average Bonchev–Trinajstić information content (AvgIpc) is 2.30. The number of rotatable bonds is 5. The first-order chi connectivity index (χ1) is 8.41. The van der Waals surface area contributed by atoms with E-state index in [9.17, 15) is 9.59 Å². The summed E-state index contributed by atoms with van der Waals surface area (Å²) in [5.74, 6) is -0.965. The van der Waals surface area contributed by atoms with Gasteiger partial charge in [-0.3, -0.25) is 9.59 Å². The molecule has 0 aromatic heterocycles. The summed E-state index contributed by atoms with van der Waals surface area (Å²) >= 11 is 6.01. The highest BCUT2D eigenvalue weighted by molar-refractivity contribution is 6.31. The monoisotopic (exact) mass is 268 g/mol. The van der Waals surface area contributed by atoms with Crippen molar-refractivity contribution in [2.45, 2.75) is 26.3 Å². The van der Waals surface area contributed by atoms with Gasteiger partial charge < -0.3 is 11.1 Å². The van der Waals surface area contributed by atoms with E-state index >= 15 is 0 Å². The van der Waals surface area contributed by atoms with E-state index in [1.807, 2.05) is 6.07 Å². The van der Waals surface area contributed by atoms with Gasteiger partial charge in [0.15, 0.2) is 0 Å². The first-order valence-electron chi connectivity index (χ1n) is 5.75. The Balaban J connectivity index is 2.79. The van der Waals surface area contributed by atoms with Crippen LogP contribution in [-0.2, 0) is 16.0 Å². The summed E-state index contributed by atoms with van der Waals surface area (Å²) in [7, 11) is 0. The van der Waals surface area contributed by atoms with E-state index in [1.54, 1.807) is 32.0 Å². The highest BCUT2D eigenvalue weighted by atomic mass is 35.5. The second-order valence-corrected chi connectivity index (χ2v) is 4.82. The Kier molecular flexibility index (Phi) is 5.16. The van der Waals surface area contributed by atoms with Crippen molar-refractivity contribution in [3.8, 4) is 0 Å². The van der Waals surface area contributed by atoms with E-state index in [0.29, 0.717) is 11.4 Å². The van der Waals surface area contributed by atoms with Gasteiger partial charge in [-0.25, -0.2) is 0 Å². The SMILES string of the molecule is CC(C)C(=O)N[C@@H](Cc1ccccc1Cl)C(N)=O. The smallest absolute Gasteiger partial charge is 0.240 e. The summed E-state index contributed by atoms with van der Waals surface area (Å²) in [6.45, 7) is 3.51. The van der Waals surface area contributed by atoms with Gasteiger partial charge in [-0.1, -0.05) is 43.6 Å². The number of benzene rings is 1. The number of hydrogen-bond acceptors (Lipinski definition) is 2. The number of amides is 2. The molecular weight excluding hydrogens is 252 g/mol. The van der Waals surface area contributed by atoms with Crippen LogP contribution in [0.4, 0.5) is 0 Å². The van der Waals surface area contributed by atoms with Gasteiger partial charge in [0, 0.05) is 17.4 Å². The Morgan fingerprint density at radius 2 is 1.94 bits per heavy atom. The lowest BCUT2D eigenvalue weighted by Gasteiger charge is -2.17. The predicted molar refractivity (Wildman–Crippen MR) is 71.1 cm³/mol. The molecule has 3 N–H and O–H groups in total. The maximum absolute atomic E-state index is 11.6. The van der Waals surface area contributed by atoms with Crippen LogP contribution in [0.3, 0.4) is 0 Å². The highest BCUT2D eigenvalue weighted by Gasteiger charge is 2.20. The lowest BCUT2D eigenvalue weighted by Crippen LogP contribution is -2.47. The lowest BCUT2D eigenvalue weighted by molar-refractivity contribution is -0.129. The van der Waals surface area contributed by atoms with E-state index in [4.69, 9.17) is 17.3 Å². The molecule has 0 heterocycles. The topological polar surface area (TPSA) is 72.2 Å². The number of carbonyl (C=O) groups excluding carboxylic acids is 2. The predicted octanol–water partition coefficient (Wildman–Crippen LogP) is 1.51. The summed E-state index contributed by atoms with van der Waals surface area (Å²) in [5, 5.41) is 3.18. The Morgan fingerprint density at radius 3 is 2.44 bits per heavy atom. The number of halogens is 1. The standard InChI is InChI=1S/C13H17ClN2O2/c1-8(2)13(18)16-11(12(15)17)7-9-5-3-4-6-10(9)14/h3-6,8,11H,7H2,1-2H3,(H2,15,17)(H,16,18)/t11-/m0/s1. The van der Waals surface area contributed by atoms with Crippen molar-refractivity contribution in [1.29, 1.82) is 0 Å². The van der Waals surface area contributed by atoms with Crippen LogP contribution < -0.4 is 11.1 Å². The Labute approximate surface area is 112 Å². The number of carbonyl (C=O) groups is 2. The van der Waals surface area contributed by atoms with Crippen LogP contribution in [-0.4, -0.2) is 17.9 Å². The van der Waals surface area contributed by atoms with Crippen LogP contribution >= 0.6 is 11.6 Å². The van der Waals surface area contributed by atoms with E-state index < -0.39 is 11.9 Å². The van der Waals surface area contributed by atoms with Gasteiger partial charge in [-0.15, -0.1) is 0 Å². The molecule has 0 fully saturated rings. The molecule has 0 saturated carbocycles. The summed E-state index contributed by atoms with van der Waals surface area (Å²) in [5.41, 5.74) is 6.07. The molecule has 5 heteroatoms. The number of nitrogens with one attached hydrogen (secondary N) is 1. The van der Waals surface area contributed by atoms with Gasteiger partial charge in [0.25, 0.3) is 0 Å². The third-order valence-corrected chi connectivity index (χ3v) is 2.93. The fourth-order valence-corrected chi connectivity index (χ4v) is 1.66. The molecule has 1 rings (SSSR count). The molecule has 1 atom stereocenters. The summed E-state index contributed by atoms with van der Waals surface area (Å²) in [6, 6.07) is 6.43. The molecule has 0 aliphatic carbocycles. The highest BCUT2D eigenvalue weighted by Crippen LogP contribution is 2.16. The Hall–Kier alpha value is -1.55. The van der Waals surface area contributed by atoms with Gasteiger partial charge in [0.1, 0.15) is 6.04 Å². The fraction of sp³-hybridized carbons (Fsp3) is 0.385. The Bertz CT molecular complexity index is 446. The molecule has 4 nitrogen and oxygen atoms in total. The molecule has 1 aromatic carbocycles. The molecule has 1 aromatic rings. The van der Waals surface area contributed by atoms with Gasteiger partial charge in [0.2, 0.25) is 11.8 Å².